The van der Waals surface area contributed by atoms with E-state index in [9.17, 15) is 4.79 Å². The Morgan fingerprint density at radius 2 is 2.35 bits per heavy atom. The number of furan rings is 1. The van der Waals surface area contributed by atoms with Crippen LogP contribution in [0.3, 0.4) is 0 Å². The fourth-order valence-corrected chi connectivity index (χ4v) is 3.18. The summed E-state index contributed by atoms with van der Waals surface area (Å²) in [4.78, 5) is 19.2. The van der Waals surface area contributed by atoms with Gasteiger partial charge in [-0.2, -0.15) is 0 Å². The van der Waals surface area contributed by atoms with Gasteiger partial charge in [0.1, 0.15) is 5.76 Å². The molecule has 1 unspecified atom stereocenters. The molecule has 4 heteroatoms. The first kappa shape index (κ1) is 15.5. The van der Waals surface area contributed by atoms with Crippen molar-refractivity contribution in [2.45, 2.75) is 38.6 Å². The molecule has 0 saturated heterocycles. The molecule has 0 bridgehead atoms. The van der Waals surface area contributed by atoms with Gasteiger partial charge in [0.15, 0.2) is 0 Å². The molecule has 1 amide bonds. The largest absolute Gasteiger partial charge is 0.465 e. The molecule has 120 valence electrons. The molecule has 1 atom stereocenters. The Morgan fingerprint density at radius 3 is 3.13 bits per heavy atom. The van der Waals surface area contributed by atoms with Crippen LogP contribution in [0.5, 0.6) is 0 Å². The Kier molecular flexibility index (Phi) is 4.91. The highest BCUT2D eigenvalue weighted by Gasteiger charge is 2.28. The van der Waals surface area contributed by atoms with E-state index in [0.717, 1.165) is 37.9 Å². The quantitative estimate of drug-likeness (QED) is 0.784. The van der Waals surface area contributed by atoms with E-state index in [2.05, 4.69) is 18.0 Å². The summed E-state index contributed by atoms with van der Waals surface area (Å²) in [5, 5.41) is 0. The van der Waals surface area contributed by atoms with Crippen molar-refractivity contribution in [1.29, 1.82) is 0 Å². The molecule has 4 nitrogen and oxygen atoms in total. The first-order valence-corrected chi connectivity index (χ1v) is 8.25. The lowest BCUT2D eigenvalue weighted by molar-refractivity contribution is -0.128. The van der Waals surface area contributed by atoms with Crippen molar-refractivity contribution in [3.63, 3.8) is 0 Å². The van der Waals surface area contributed by atoms with E-state index in [-0.39, 0.29) is 11.9 Å². The number of amides is 1. The lowest BCUT2D eigenvalue weighted by Gasteiger charge is -2.34. The van der Waals surface area contributed by atoms with Crippen molar-refractivity contribution >= 4 is 12.0 Å². The predicted octanol–water partition coefficient (Wildman–Crippen LogP) is 4.00. The van der Waals surface area contributed by atoms with Gasteiger partial charge < -0.3 is 9.32 Å². The van der Waals surface area contributed by atoms with E-state index in [0.29, 0.717) is 5.76 Å². The highest BCUT2D eigenvalue weighted by molar-refractivity contribution is 5.91. The zero-order valence-corrected chi connectivity index (χ0v) is 13.4. The molecule has 1 aliphatic rings. The van der Waals surface area contributed by atoms with E-state index in [1.165, 1.54) is 5.56 Å². The van der Waals surface area contributed by atoms with Crippen molar-refractivity contribution in [2.24, 2.45) is 0 Å². The summed E-state index contributed by atoms with van der Waals surface area (Å²) < 4.78 is 5.26. The molecule has 1 aliphatic carbocycles. The first-order chi connectivity index (χ1) is 11.3. The van der Waals surface area contributed by atoms with Gasteiger partial charge in [-0.15, -0.1) is 0 Å². The maximum absolute atomic E-state index is 12.7. The van der Waals surface area contributed by atoms with Gasteiger partial charge in [-0.25, -0.2) is 0 Å². The molecular weight excluding hydrogens is 288 g/mol. The number of rotatable bonds is 5. The van der Waals surface area contributed by atoms with E-state index in [1.807, 2.05) is 29.3 Å². The molecule has 2 aromatic rings. The predicted molar refractivity (Wildman–Crippen MR) is 89.7 cm³/mol. The number of nitrogens with zero attached hydrogens (tertiary/aromatic N) is 2. The minimum Gasteiger partial charge on any atom is -0.465 e. The molecular formula is C19H22N2O2. The number of fused-ring (bicyclic) bond motifs is 1. The van der Waals surface area contributed by atoms with Crippen molar-refractivity contribution in [1.82, 2.24) is 9.88 Å². The molecule has 0 aromatic carbocycles. The third-order valence-electron chi connectivity index (χ3n) is 4.22. The van der Waals surface area contributed by atoms with Gasteiger partial charge in [0.05, 0.1) is 18.0 Å². The van der Waals surface area contributed by atoms with E-state index < -0.39 is 0 Å². The van der Waals surface area contributed by atoms with E-state index in [1.54, 1.807) is 18.4 Å². The molecule has 2 aromatic heterocycles. The molecule has 0 radical (unpaired) electrons. The van der Waals surface area contributed by atoms with Crippen LogP contribution in [0.15, 0.2) is 47.2 Å². The van der Waals surface area contributed by atoms with Crippen molar-refractivity contribution in [2.75, 3.05) is 6.54 Å². The molecule has 3 rings (SSSR count). The molecule has 2 heterocycles. The van der Waals surface area contributed by atoms with Crippen LogP contribution in [0.4, 0.5) is 0 Å². The summed E-state index contributed by atoms with van der Waals surface area (Å²) in [5.41, 5.74) is 2.33. The average molecular weight is 310 g/mol. The summed E-state index contributed by atoms with van der Waals surface area (Å²) in [6.07, 6.45) is 10.8. The van der Waals surface area contributed by atoms with Gasteiger partial charge in [-0.3, -0.25) is 9.78 Å². The SMILES string of the molecule is CCCN(C(=O)/C=C\c1ccco1)C1CCCc2cccnc21. The monoisotopic (exact) mass is 310 g/mol. The summed E-state index contributed by atoms with van der Waals surface area (Å²) in [5.74, 6) is 0.712. The van der Waals surface area contributed by atoms with Gasteiger partial charge in [0, 0.05) is 18.8 Å². The number of hydrogen-bond donors (Lipinski definition) is 0. The molecule has 0 aliphatic heterocycles. The van der Waals surface area contributed by atoms with Gasteiger partial charge in [0.2, 0.25) is 5.91 Å². The van der Waals surface area contributed by atoms with Crippen LogP contribution < -0.4 is 0 Å². The van der Waals surface area contributed by atoms with Crippen molar-refractivity contribution in [3.05, 3.63) is 59.8 Å². The van der Waals surface area contributed by atoms with Crippen LogP contribution in [0.1, 0.15) is 49.2 Å². The summed E-state index contributed by atoms with van der Waals surface area (Å²) in [6, 6.07) is 7.83. The maximum atomic E-state index is 12.7. The zero-order valence-electron chi connectivity index (χ0n) is 13.4. The Balaban J connectivity index is 1.83. The smallest absolute Gasteiger partial charge is 0.247 e. The molecule has 0 saturated carbocycles. The van der Waals surface area contributed by atoms with Crippen LogP contribution in [0, 0.1) is 0 Å². The van der Waals surface area contributed by atoms with Crippen LogP contribution in [-0.2, 0) is 11.2 Å². The van der Waals surface area contributed by atoms with Crippen LogP contribution in [0.25, 0.3) is 6.08 Å². The number of aryl methyl sites for hydroxylation is 1. The Morgan fingerprint density at radius 1 is 1.43 bits per heavy atom. The first-order valence-electron chi connectivity index (χ1n) is 8.25. The normalized spacial score (nSPS) is 17.2. The number of pyridine rings is 1. The van der Waals surface area contributed by atoms with Crippen molar-refractivity contribution < 1.29 is 9.21 Å². The fraction of sp³-hybridized carbons (Fsp3) is 0.368. The average Bonchev–Trinajstić information content (AvgIpc) is 3.11. The third-order valence-corrected chi connectivity index (χ3v) is 4.22. The van der Waals surface area contributed by atoms with Gasteiger partial charge in [0.25, 0.3) is 0 Å². The zero-order chi connectivity index (χ0) is 16.1. The number of aromatic nitrogens is 1. The molecule has 0 spiro atoms. The van der Waals surface area contributed by atoms with E-state index >= 15 is 0 Å². The Labute approximate surface area is 136 Å². The summed E-state index contributed by atoms with van der Waals surface area (Å²) in [7, 11) is 0. The lowest BCUT2D eigenvalue weighted by Crippen LogP contribution is -2.36. The second-order valence-corrected chi connectivity index (χ2v) is 5.84. The van der Waals surface area contributed by atoms with Crippen LogP contribution in [-0.4, -0.2) is 22.3 Å². The van der Waals surface area contributed by atoms with Gasteiger partial charge in [-0.05, 0) is 55.5 Å². The number of carbonyl (C=O) groups is 1. The van der Waals surface area contributed by atoms with Crippen LogP contribution in [0.2, 0.25) is 0 Å². The Bertz CT molecular complexity index is 676. The Hall–Kier alpha value is -2.36. The van der Waals surface area contributed by atoms with E-state index in [4.69, 9.17) is 4.42 Å². The molecule has 0 N–H and O–H groups in total. The van der Waals surface area contributed by atoms with Gasteiger partial charge in [-0.1, -0.05) is 13.0 Å². The minimum atomic E-state index is 0.0201. The summed E-state index contributed by atoms with van der Waals surface area (Å²) >= 11 is 0. The van der Waals surface area contributed by atoms with Gasteiger partial charge >= 0.3 is 0 Å². The highest BCUT2D eigenvalue weighted by atomic mass is 16.3. The third kappa shape index (κ3) is 3.52. The highest BCUT2D eigenvalue weighted by Crippen LogP contribution is 2.33. The number of carbonyl (C=O) groups excluding carboxylic acids is 1. The minimum absolute atomic E-state index is 0.0201. The standard InChI is InChI=1S/C19H22N2O2/c1-2-13-21(18(22)11-10-16-8-5-14-23-16)17-9-3-6-15-7-4-12-20-19(15)17/h4-5,7-8,10-12,14,17H,2-3,6,9,13H2,1H3/b11-10-. The van der Waals surface area contributed by atoms with Crippen LogP contribution >= 0.6 is 0 Å². The topological polar surface area (TPSA) is 46.3 Å². The fourth-order valence-electron chi connectivity index (χ4n) is 3.18. The summed E-state index contributed by atoms with van der Waals surface area (Å²) in [6.45, 7) is 2.83. The lowest BCUT2D eigenvalue weighted by atomic mass is 9.90. The number of hydrogen-bond acceptors (Lipinski definition) is 3. The second-order valence-electron chi connectivity index (χ2n) is 5.84. The van der Waals surface area contributed by atoms with Crippen molar-refractivity contribution in [3.8, 4) is 0 Å². The maximum Gasteiger partial charge on any atom is 0.247 e. The molecule has 23 heavy (non-hydrogen) atoms. The molecule has 0 fully saturated rings. The second kappa shape index (κ2) is 7.27.